The highest BCUT2D eigenvalue weighted by molar-refractivity contribution is 5.71. The number of methoxy groups -OCH3 is 1. The molecular formula is C15H18F3NO2. The number of alkyl halides is 3. The Bertz CT molecular complexity index is 481. The van der Waals surface area contributed by atoms with Crippen molar-refractivity contribution < 1.29 is 22.7 Å². The van der Waals surface area contributed by atoms with Gasteiger partial charge in [-0.15, -0.1) is 0 Å². The summed E-state index contributed by atoms with van der Waals surface area (Å²) in [4.78, 5) is 13.4. The third kappa shape index (κ3) is 4.20. The van der Waals surface area contributed by atoms with E-state index in [1.54, 1.807) is 0 Å². The molecule has 0 heterocycles. The van der Waals surface area contributed by atoms with E-state index >= 15 is 0 Å². The zero-order valence-corrected chi connectivity index (χ0v) is 11.8. The average Bonchev–Trinajstić information content (AvgIpc) is 2.36. The highest BCUT2D eigenvalue weighted by Gasteiger charge is 2.30. The van der Waals surface area contributed by atoms with Crippen LogP contribution in [-0.4, -0.2) is 30.6 Å². The van der Waals surface area contributed by atoms with Crippen LogP contribution < -0.4 is 0 Å². The fourth-order valence-electron chi connectivity index (χ4n) is 2.33. The van der Waals surface area contributed by atoms with Gasteiger partial charge in [0.1, 0.15) is 0 Å². The Kier molecular flexibility index (Phi) is 4.88. The van der Waals surface area contributed by atoms with Gasteiger partial charge in [0, 0.05) is 12.6 Å². The standard InChI is InChI=1S/C15H18F3NO2/c1-21-14(20)10-19(13-3-2-4-13)9-11-5-7-12(8-6-11)15(16,17)18/h5-8,13H,2-4,9-10H2,1H3. The van der Waals surface area contributed by atoms with E-state index in [0.717, 1.165) is 37.0 Å². The molecule has 0 amide bonds. The summed E-state index contributed by atoms with van der Waals surface area (Å²) in [6, 6.07) is 5.39. The normalized spacial score (nSPS) is 15.9. The Morgan fingerprint density at radius 3 is 2.33 bits per heavy atom. The van der Waals surface area contributed by atoms with E-state index in [2.05, 4.69) is 4.74 Å². The molecule has 2 rings (SSSR count). The van der Waals surface area contributed by atoms with Crippen LogP contribution in [0.4, 0.5) is 13.2 Å². The molecule has 0 atom stereocenters. The molecule has 1 fully saturated rings. The molecule has 1 aromatic carbocycles. The second-order valence-corrected chi connectivity index (χ2v) is 5.26. The molecule has 0 saturated heterocycles. The molecule has 6 heteroatoms. The zero-order chi connectivity index (χ0) is 15.5. The molecule has 1 aliphatic carbocycles. The van der Waals surface area contributed by atoms with Crippen molar-refractivity contribution in [3.63, 3.8) is 0 Å². The lowest BCUT2D eigenvalue weighted by Crippen LogP contribution is -2.42. The highest BCUT2D eigenvalue weighted by atomic mass is 19.4. The number of carbonyl (C=O) groups excluding carboxylic acids is 1. The number of ether oxygens (including phenoxy) is 1. The third-order valence-corrected chi connectivity index (χ3v) is 3.82. The monoisotopic (exact) mass is 301 g/mol. The van der Waals surface area contributed by atoms with Crippen molar-refractivity contribution in [1.29, 1.82) is 0 Å². The van der Waals surface area contributed by atoms with Crippen LogP contribution in [0.2, 0.25) is 0 Å². The fourth-order valence-corrected chi connectivity index (χ4v) is 2.33. The van der Waals surface area contributed by atoms with E-state index in [4.69, 9.17) is 0 Å². The van der Waals surface area contributed by atoms with Crippen molar-refractivity contribution in [1.82, 2.24) is 4.90 Å². The third-order valence-electron chi connectivity index (χ3n) is 3.82. The summed E-state index contributed by atoms with van der Waals surface area (Å²) in [6.45, 7) is 0.625. The van der Waals surface area contributed by atoms with Gasteiger partial charge in [0.25, 0.3) is 0 Å². The van der Waals surface area contributed by atoms with Gasteiger partial charge in [0.15, 0.2) is 0 Å². The SMILES string of the molecule is COC(=O)CN(Cc1ccc(C(F)(F)F)cc1)C1CCC1. The van der Waals surface area contributed by atoms with Crippen molar-refractivity contribution >= 4 is 5.97 Å². The predicted octanol–water partition coefficient (Wildman–Crippen LogP) is 3.23. The molecular weight excluding hydrogens is 283 g/mol. The molecule has 1 aliphatic rings. The van der Waals surface area contributed by atoms with E-state index in [1.807, 2.05) is 4.90 Å². The molecule has 21 heavy (non-hydrogen) atoms. The molecule has 0 bridgehead atoms. The van der Waals surface area contributed by atoms with Crippen LogP contribution in [0.25, 0.3) is 0 Å². The Balaban J connectivity index is 2.04. The van der Waals surface area contributed by atoms with Gasteiger partial charge in [-0.1, -0.05) is 18.6 Å². The molecule has 0 aromatic heterocycles. The van der Waals surface area contributed by atoms with Gasteiger partial charge in [-0.05, 0) is 30.5 Å². The molecule has 0 aliphatic heterocycles. The fraction of sp³-hybridized carbons (Fsp3) is 0.533. The number of carbonyl (C=O) groups is 1. The molecule has 0 spiro atoms. The molecule has 0 radical (unpaired) electrons. The number of benzene rings is 1. The van der Waals surface area contributed by atoms with Gasteiger partial charge in [-0.2, -0.15) is 13.2 Å². The molecule has 0 N–H and O–H groups in total. The average molecular weight is 301 g/mol. The highest BCUT2D eigenvalue weighted by Crippen LogP contribution is 2.30. The summed E-state index contributed by atoms with van der Waals surface area (Å²) in [5, 5.41) is 0. The number of hydrogen-bond donors (Lipinski definition) is 0. The number of esters is 1. The summed E-state index contributed by atoms with van der Waals surface area (Å²) in [7, 11) is 1.33. The number of rotatable bonds is 5. The second-order valence-electron chi connectivity index (χ2n) is 5.26. The van der Waals surface area contributed by atoms with Crippen LogP contribution in [0.15, 0.2) is 24.3 Å². The first kappa shape index (κ1) is 15.8. The van der Waals surface area contributed by atoms with Crippen molar-refractivity contribution in [2.24, 2.45) is 0 Å². The minimum Gasteiger partial charge on any atom is -0.468 e. The lowest BCUT2D eigenvalue weighted by atomic mass is 9.91. The summed E-state index contributed by atoms with van der Waals surface area (Å²) < 4.78 is 42.2. The maximum Gasteiger partial charge on any atom is 0.416 e. The second kappa shape index (κ2) is 6.47. The first-order chi connectivity index (χ1) is 9.90. The topological polar surface area (TPSA) is 29.5 Å². The number of hydrogen-bond acceptors (Lipinski definition) is 3. The van der Waals surface area contributed by atoms with Gasteiger partial charge < -0.3 is 4.74 Å². The van der Waals surface area contributed by atoms with Crippen LogP contribution in [0, 0.1) is 0 Å². The van der Waals surface area contributed by atoms with E-state index < -0.39 is 11.7 Å². The van der Waals surface area contributed by atoms with Gasteiger partial charge in [0.05, 0.1) is 19.2 Å². The molecule has 116 valence electrons. The first-order valence-electron chi connectivity index (χ1n) is 6.87. The Morgan fingerprint density at radius 2 is 1.90 bits per heavy atom. The van der Waals surface area contributed by atoms with Crippen LogP contribution >= 0.6 is 0 Å². The van der Waals surface area contributed by atoms with Crippen LogP contribution in [0.1, 0.15) is 30.4 Å². The van der Waals surface area contributed by atoms with Crippen molar-refractivity contribution in [3.05, 3.63) is 35.4 Å². The molecule has 0 unspecified atom stereocenters. The van der Waals surface area contributed by atoms with Gasteiger partial charge in [0.2, 0.25) is 0 Å². The Morgan fingerprint density at radius 1 is 1.29 bits per heavy atom. The van der Waals surface area contributed by atoms with E-state index in [9.17, 15) is 18.0 Å². The Labute approximate surface area is 121 Å². The van der Waals surface area contributed by atoms with Gasteiger partial charge >= 0.3 is 12.1 Å². The number of nitrogens with zero attached hydrogens (tertiary/aromatic N) is 1. The predicted molar refractivity (Wildman–Crippen MR) is 71.5 cm³/mol. The minimum atomic E-state index is -4.32. The first-order valence-corrected chi connectivity index (χ1v) is 6.87. The van der Waals surface area contributed by atoms with Gasteiger partial charge in [-0.3, -0.25) is 9.69 Å². The van der Waals surface area contributed by atoms with Crippen LogP contribution in [0.5, 0.6) is 0 Å². The molecule has 3 nitrogen and oxygen atoms in total. The quantitative estimate of drug-likeness (QED) is 0.782. The van der Waals surface area contributed by atoms with Crippen LogP contribution in [-0.2, 0) is 22.3 Å². The van der Waals surface area contributed by atoms with Gasteiger partial charge in [-0.25, -0.2) is 0 Å². The largest absolute Gasteiger partial charge is 0.468 e. The maximum absolute atomic E-state index is 12.5. The lowest BCUT2D eigenvalue weighted by molar-refractivity contribution is -0.143. The number of halogens is 3. The lowest BCUT2D eigenvalue weighted by Gasteiger charge is -2.36. The summed E-state index contributed by atoms with van der Waals surface area (Å²) in [5.74, 6) is -0.325. The van der Waals surface area contributed by atoms with E-state index in [1.165, 1.54) is 19.2 Å². The van der Waals surface area contributed by atoms with Crippen molar-refractivity contribution in [3.8, 4) is 0 Å². The summed E-state index contributed by atoms with van der Waals surface area (Å²) >= 11 is 0. The van der Waals surface area contributed by atoms with Crippen molar-refractivity contribution in [2.75, 3.05) is 13.7 Å². The summed E-state index contributed by atoms with van der Waals surface area (Å²) in [6.07, 6.45) is -1.18. The summed E-state index contributed by atoms with van der Waals surface area (Å²) in [5.41, 5.74) is 0.105. The van der Waals surface area contributed by atoms with Crippen LogP contribution in [0.3, 0.4) is 0 Å². The minimum absolute atomic E-state index is 0.169. The zero-order valence-electron chi connectivity index (χ0n) is 11.8. The van der Waals surface area contributed by atoms with Crippen molar-refractivity contribution in [2.45, 2.75) is 38.0 Å². The molecule has 1 saturated carbocycles. The molecule has 1 aromatic rings. The Hall–Kier alpha value is -1.56. The smallest absolute Gasteiger partial charge is 0.416 e. The van der Waals surface area contributed by atoms with E-state index in [-0.39, 0.29) is 12.5 Å². The van der Waals surface area contributed by atoms with E-state index in [0.29, 0.717) is 12.6 Å². The maximum atomic E-state index is 12.5.